The topological polar surface area (TPSA) is 199 Å². The number of alkyl carbamates (subject to hydrolysis) is 1. The number of carboxylic acid groups (broad SMARTS) is 1. The number of hydrogen-bond acceptors (Lipinski definition) is 8. The maximum Gasteiger partial charge on any atom is 0.407 e. The van der Waals surface area contributed by atoms with E-state index in [9.17, 15) is 24.3 Å². The van der Waals surface area contributed by atoms with E-state index in [4.69, 9.17) is 4.74 Å². The average molecular weight is 774 g/mol. The summed E-state index contributed by atoms with van der Waals surface area (Å²) in [6.45, 7) is 4.75. The molecule has 2 aromatic carbocycles. The summed E-state index contributed by atoms with van der Waals surface area (Å²) in [6.07, 6.45) is 6.66. The largest absolute Gasteiger partial charge is 0.465 e. The molecule has 2 aliphatic rings. The molecule has 5 N–H and O–H groups in total. The van der Waals surface area contributed by atoms with Gasteiger partial charge in [-0.25, -0.2) is 19.6 Å². The Balaban J connectivity index is 1.00. The van der Waals surface area contributed by atoms with Crippen molar-refractivity contribution in [3.8, 4) is 33.6 Å². The molecule has 15 heteroatoms. The van der Waals surface area contributed by atoms with E-state index in [-0.39, 0.29) is 36.2 Å². The molecule has 2 saturated heterocycles. The van der Waals surface area contributed by atoms with Gasteiger partial charge < -0.3 is 40.2 Å². The molecular weight excluding hydrogens is 727 g/mol. The Morgan fingerprint density at radius 2 is 1.28 bits per heavy atom. The number of likely N-dealkylation sites (tertiary alicyclic amines) is 2. The number of aromatic amines is 2. The van der Waals surface area contributed by atoms with Crippen molar-refractivity contribution in [2.75, 3.05) is 20.2 Å². The summed E-state index contributed by atoms with van der Waals surface area (Å²) in [6, 6.07) is 19.6. The summed E-state index contributed by atoms with van der Waals surface area (Å²) in [5.41, 5.74) is 6.33. The Kier molecular flexibility index (Phi) is 11.6. The summed E-state index contributed by atoms with van der Waals surface area (Å²) in [7, 11) is 1.27. The van der Waals surface area contributed by atoms with Crippen molar-refractivity contribution < 1.29 is 29.0 Å². The van der Waals surface area contributed by atoms with E-state index < -0.39 is 24.3 Å². The zero-order valence-corrected chi connectivity index (χ0v) is 32.1. The van der Waals surface area contributed by atoms with Crippen LogP contribution in [-0.2, 0) is 20.7 Å². The molecule has 4 atom stereocenters. The zero-order valence-electron chi connectivity index (χ0n) is 32.1. The number of H-pyrrole nitrogens is 2. The number of ether oxygens (including phenoxy) is 1. The molecule has 5 aromatic rings. The van der Waals surface area contributed by atoms with Gasteiger partial charge in [0.25, 0.3) is 0 Å². The van der Waals surface area contributed by atoms with Crippen molar-refractivity contribution in [3.05, 3.63) is 103 Å². The highest BCUT2D eigenvalue weighted by molar-refractivity contribution is 5.87. The molecule has 0 aliphatic carbocycles. The molecule has 0 bridgehead atoms. The maximum atomic E-state index is 13.8. The third-order valence-electron chi connectivity index (χ3n) is 10.7. The Morgan fingerprint density at radius 3 is 1.75 bits per heavy atom. The Hall–Kier alpha value is -6.51. The monoisotopic (exact) mass is 773 g/mol. The SMILES string of the molecule is COC(=O)N[C@@H](Cc1ccccn1)C(=O)N1CCC[C@H]1c1ncc(-c2ccc(-c3ccc(-c4cnc([C@@H]5CCCN5C(=O)[C@@H](NC(=O)O)C(C)C)[nH]4)cc3)cc2)[nH]1. The highest BCUT2D eigenvalue weighted by atomic mass is 16.5. The number of methoxy groups -OCH3 is 1. The van der Waals surface area contributed by atoms with Crippen LogP contribution in [0.5, 0.6) is 0 Å². The van der Waals surface area contributed by atoms with Crippen LogP contribution < -0.4 is 10.6 Å². The first-order valence-corrected chi connectivity index (χ1v) is 19.3. The second-order valence-corrected chi connectivity index (χ2v) is 14.8. The predicted octanol–water partition coefficient (Wildman–Crippen LogP) is 6.12. The van der Waals surface area contributed by atoms with Gasteiger partial charge in [-0.3, -0.25) is 14.6 Å². The van der Waals surface area contributed by atoms with E-state index in [1.54, 1.807) is 34.5 Å². The minimum atomic E-state index is -1.22. The first-order valence-electron chi connectivity index (χ1n) is 19.3. The van der Waals surface area contributed by atoms with Crippen LogP contribution in [0.3, 0.4) is 0 Å². The van der Waals surface area contributed by atoms with Gasteiger partial charge in [0.05, 0.1) is 43.0 Å². The maximum absolute atomic E-state index is 13.8. The molecule has 57 heavy (non-hydrogen) atoms. The van der Waals surface area contributed by atoms with E-state index in [1.165, 1.54) is 7.11 Å². The van der Waals surface area contributed by atoms with Gasteiger partial charge in [-0.15, -0.1) is 0 Å². The summed E-state index contributed by atoms with van der Waals surface area (Å²) < 4.78 is 4.81. The molecule has 15 nitrogen and oxygen atoms in total. The number of nitrogens with zero attached hydrogens (tertiary/aromatic N) is 5. The van der Waals surface area contributed by atoms with Crippen LogP contribution in [0.2, 0.25) is 0 Å². The number of amides is 4. The van der Waals surface area contributed by atoms with E-state index in [0.717, 1.165) is 59.3 Å². The van der Waals surface area contributed by atoms with E-state index in [1.807, 2.05) is 50.2 Å². The van der Waals surface area contributed by atoms with Crippen LogP contribution in [0.25, 0.3) is 33.6 Å². The summed E-state index contributed by atoms with van der Waals surface area (Å²) in [5.74, 6) is 0.733. The van der Waals surface area contributed by atoms with E-state index in [0.29, 0.717) is 30.4 Å². The van der Waals surface area contributed by atoms with Gasteiger partial charge in [0.1, 0.15) is 23.7 Å². The third kappa shape index (κ3) is 8.67. The molecule has 2 aliphatic heterocycles. The van der Waals surface area contributed by atoms with Gasteiger partial charge in [0.2, 0.25) is 11.8 Å². The summed E-state index contributed by atoms with van der Waals surface area (Å²) in [4.78, 5) is 74.8. The fourth-order valence-electron chi connectivity index (χ4n) is 7.77. The van der Waals surface area contributed by atoms with E-state index in [2.05, 4.69) is 59.8 Å². The van der Waals surface area contributed by atoms with Crippen LogP contribution in [0.4, 0.5) is 9.59 Å². The molecule has 0 radical (unpaired) electrons. The number of rotatable bonds is 12. The van der Waals surface area contributed by atoms with Crippen molar-refractivity contribution in [2.24, 2.45) is 5.92 Å². The smallest absolute Gasteiger partial charge is 0.407 e. The van der Waals surface area contributed by atoms with Crippen LogP contribution in [0, 0.1) is 5.92 Å². The highest BCUT2D eigenvalue weighted by Crippen LogP contribution is 2.35. The molecule has 2 fully saturated rings. The van der Waals surface area contributed by atoms with Gasteiger partial charge in [0, 0.05) is 31.4 Å². The van der Waals surface area contributed by atoms with Crippen molar-refractivity contribution in [1.29, 1.82) is 0 Å². The summed E-state index contributed by atoms with van der Waals surface area (Å²) in [5, 5.41) is 14.4. The molecule has 296 valence electrons. The summed E-state index contributed by atoms with van der Waals surface area (Å²) >= 11 is 0. The quantitative estimate of drug-likeness (QED) is 0.0992. The molecule has 3 aromatic heterocycles. The number of carbonyl (C=O) groups is 4. The molecule has 0 spiro atoms. The number of hydrogen-bond donors (Lipinski definition) is 5. The van der Waals surface area contributed by atoms with Crippen LogP contribution in [-0.4, -0.2) is 96.1 Å². The number of benzene rings is 2. The first-order chi connectivity index (χ1) is 27.6. The van der Waals surface area contributed by atoms with E-state index >= 15 is 0 Å². The number of imidazole rings is 2. The van der Waals surface area contributed by atoms with Gasteiger partial charge in [0.15, 0.2) is 0 Å². The van der Waals surface area contributed by atoms with Gasteiger partial charge in [-0.2, -0.15) is 0 Å². The number of carbonyl (C=O) groups excluding carboxylic acids is 3. The molecule has 7 rings (SSSR count). The van der Waals surface area contributed by atoms with Crippen molar-refractivity contribution in [1.82, 2.24) is 45.4 Å². The lowest BCUT2D eigenvalue weighted by atomic mass is 10.0. The standard InChI is InChI=1S/C42H47N9O6/c1-25(2)36(49-41(54)55)40(53)51-21-7-10-35(51)38-45-24-33(47-38)29-17-13-27(14-18-29)26-11-15-28(16-12-26)32-23-44-37(46-32)34-9-6-20-50(34)39(52)31(48-42(56)57-3)22-30-8-4-5-19-43-30/h4-5,8,11-19,23-25,31,34-36,49H,6-7,9-10,20-22H2,1-3H3,(H,44,46)(H,45,47)(H,48,56)(H,54,55)/t31-,34-,35-,36-/m0/s1. The van der Waals surface area contributed by atoms with Gasteiger partial charge in [-0.1, -0.05) is 68.4 Å². The number of pyridine rings is 1. The Labute approximate surface area is 330 Å². The van der Waals surface area contributed by atoms with Gasteiger partial charge in [-0.05, 0) is 66.0 Å². The molecular formula is C42H47N9O6. The number of aromatic nitrogens is 5. The number of nitrogens with one attached hydrogen (secondary N) is 4. The highest BCUT2D eigenvalue weighted by Gasteiger charge is 2.38. The van der Waals surface area contributed by atoms with Gasteiger partial charge >= 0.3 is 12.2 Å². The van der Waals surface area contributed by atoms with Crippen LogP contribution in [0.15, 0.2) is 85.3 Å². The Morgan fingerprint density at radius 1 is 0.754 bits per heavy atom. The molecule has 0 unspecified atom stereocenters. The fourth-order valence-corrected chi connectivity index (χ4v) is 7.77. The molecule has 5 heterocycles. The van der Waals surface area contributed by atoms with Crippen molar-refractivity contribution in [3.63, 3.8) is 0 Å². The average Bonchev–Trinajstić information content (AvgIpc) is 4.06. The predicted molar refractivity (Wildman–Crippen MR) is 211 cm³/mol. The molecule has 4 amide bonds. The Bertz CT molecular complexity index is 2180. The van der Waals surface area contributed by atoms with Crippen molar-refractivity contribution >= 4 is 24.0 Å². The lowest BCUT2D eigenvalue weighted by molar-refractivity contribution is -0.135. The first kappa shape index (κ1) is 38.8. The van der Waals surface area contributed by atoms with Crippen LogP contribution >= 0.6 is 0 Å². The third-order valence-corrected chi connectivity index (χ3v) is 10.7. The van der Waals surface area contributed by atoms with Crippen molar-refractivity contribution in [2.45, 2.75) is 70.1 Å². The fraction of sp³-hybridized carbons (Fsp3) is 0.357. The lowest BCUT2D eigenvalue weighted by Crippen LogP contribution is -2.50. The second-order valence-electron chi connectivity index (χ2n) is 14.8. The van der Waals surface area contributed by atoms with Crippen LogP contribution in [0.1, 0.15) is 69.0 Å². The molecule has 0 saturated carbocycles. The normalized spacial score (nSPS) is 17.7. The second kappa shape index (κ2) is 17.1. The minimum Gasteiger partial charge on any atom is -0.465 e. The zero-order chi connectivity index (χ0) is 40.1. The minimum absolute atomic E-state index is 0.190. The lowest BCUT2D eigenvalue weighted by Gasteiger charge is -2.29.